The molecule has 0 bridgehead atoms. The van der Waals surface area contributed by atoms with E-state index in [0.29, 0.717) is 12.0 Å². The van der Waals surface area contributed by atoms with E-state index in [1.807, 2.05) is 35.8 Å². The molecule has 0 aliphatic rings. The second-order valence-electron chi connectivity index (χ2n) is 6.13. The van der Waals surface area contributed by atoms with Gasteiger partial charge in [-0.1, -0.05) is 19.1 Å². The molecule has 3 aromatic heterocycles. The highest BCUT2D eigenvalue weighted by Crippen LogP contribution is 2.25. The normalized spacial score (nSPS) is 13.5. The van der Waals surface area contributed by atoms with Crippen molar-refractivity contribution in [2.45, 2.75) is 39.2 Å². The first-order valence-electron chi connectivity index (χ1n) is 8.18. The van der Waals surface area contributed by atoms with E-state index in [9.17, 15) is 0 Å². The monoisotopic (exact) mass is 338 g/mol. The highest BCUT2D eigenvalue weighted by atomic mass is 32.1. The molecule has 3 aromatic rings. The third kappa shape index (κ3) is 3.97. The SMILES string of the molecule is Cc1ccc(NC(C)CC(C)c2nccs2)nc1-c1ccccn1. The van der Waals surface area contributed by atoms with Crippen LogP contribution in [0.4, 0.5) is 5.82 Å². The van der Waals surface area contributed by atoms with Crippen molar-refractivity contribution < 1.29 is 0 Å². The average Bonchev–Trinajstić information content (AvgIpc) is 3.12. The van der Waals surface area contributed by atoms with Gasteiger partial charge in [0, 0.05) is 29.7 Å². The van der Waals surface area contributed by atoms with Crippen LogP contribution in [0.5, 0.6) is 0 Å². The molecule has 2 atom stereocenters. The first-order chi connectivity index (χ1) is 11.6. The van der Waals surface area contributed by atoms with E-state index in [4.69, 9.17) is 4.98 Å². The van der Waals surface area contributed by atoms with Gasteiger partial charge in [0.15, 0.2) is 0 Å². The van der Waals surface area contributed by atoms with Gasteiger partial charge in [-0.15, -0.1) is 11.3 Å². The number of hydrogen-bond donors (Lipinski definition) is 1. The molecule has 0 radical (unpaired) electrons. The minimum Gasteiger partial charge on any atom is -0.368 e. The fourth-order valence-corrected chi connectivity index (χ4v) is 3.50. The summed E-state index contributed by atoms with van der Waals surface area (Å²) in [5.41, 5.74) is 2.96. The molecule has 3 heterocycles. The number of anilines is 1. The molecule has 4 nitrogen and oxygen atoms in total. The van der Waals surface area contributed by atoms with E-state index in [1.165, 1.54) is 5.01 Å². The molecule has 124 valence electrons. The highest BCUT2D eigenvalue weighted by Gasteiger charge is 2.14. The van der Waals surface area contributed by atoms with Gasteiger partial charge in [-0.05, 0) is 44.0 Å². The van der Waals surface area contributed by atoms with E-state index in [2.05, 4.69) is 42.1 Å². The molecule has 0 saturated heterocycles. The Morgan fingerprint density at radius 3 is 2.67 bits per heavy atom. The van der Waals surface area contributed by atoms with Crippen LogP contribution in [0.2, 0.25) is 0 Å². The fraction of sp³-hybridized carbons (Fsp3) is 0.316. The van der Waals surface area contributed by atoms with E-state index in [-0.39, 0.29) is 0 Å². The Morgan fingerprint density at radius 1 is 1.08 bits per heavy atom. The van der Waals surface area contributed by atoms with Crippen molar-refractivity contribution >= 4 is 17.2 Å². The Morgan fingerprint density at radius 2 is 1.96 bits per heavy atom. The summed E-state index contributed by atoms with van der Waals surface area (Å²) in [6.07, 6.45) is 4.69. The summed E-state index contributed by atoms with van der Waals surface area (Å²) < 4.78 is 0. The van der Waals surface area contributed by atoms with Crippen LogP contribution in [-0.4, -0.2) is 21.0 Å². The van der Waals surface area contributed by atoms with Crippen molar-refractivity contribution in [3.63, 3.8) is 0 Å². The van der Waals surface area contributed by atoms with Gasteiger partial charge in [0.05, 0.1) is 16.4 Å². The van der Waals surface area contributed by atoms with Gasteiger partial charge in [0.2, 0.25) is 0 Å². The van der Waals surface area contributed by atoms with Crippen molar-refractivity contribution in [2.75, 3.05) is 5.32 Å². The van der Waals surface area contributed by atoms with Crippen LogP contribution >= 0.6 is 11.3 Å². The van der Waals surface area contributed by atoms with Crippen molar-refractivity contribution in [3.8, 4) is 11.4 Å². The molecule has 1 N–H and O–H groups in total. The highest BCUT2D eigenvalue weighted by molar-refractivity contribution is 7.09. The summed E-state index contributed by atoms with van der Waals surface area (Å²) in [4.78, 5) is 13.6. The Kier molecular flexibility index (Phi) is 5.20. The van der Waals surface area contributed by atoms with Crippen LogP contribution in [0.25, 0.3) is 11.4 Å². The third-order valence-electron chi connectivity index (χ3n) is 3.98. The minimum atomic E-state index is 0.315. The Labute approximate surface area is 147 Å². The van der Waals surface area contributed by atoms with E-state index >= 15 is 0 Å². The molecule has 0 spiro atoms. The van der Waals surface area contributed by atoms with Gasteiger partial charge in [-0.25, -0.2) is 9.97 Å². The molecule has 0 saturated carbocycles. The number of nitrogens with zero attached hydrogens (tertiary/aromatic N) is 3. The smallest absolute Gasteiger partial charge is 0.126 e. The second-order valence-corrected chi connectivity index (χ2v) is 7.06. The van der Waals surface area contributed by atoms with E-state index in [0.717, 1.165) is 29.2 Å². The zero-order valence-electron chi connectivity index (χ0n) is 14.2. The molecular weight excluding hydrogens is 316 g/mol. The maximum atomic E-state index is 4.77. The summed E-state index contributed by atoms with van der Waals surface area (Å²) in [5.74, 6) is 1.33. The number of aryl methyl sites for hydroxylation is 1. The van der Waals surface area contributed by atoms with Gasteiger partial charge in [-0.2, -0.15) is 0 Å². The lowest BCUT2D eigenvalue weighted by atomic mass is 10.0. The second kappa shape index (κ2) is 7.53. The van der Waals surface area contributed by atoms with Crippen LogP contribution in [0.1, 0.15) is 36.8 Å². The van der Waals surface area contributed by atoms with Crippen molar-refractivity contribution in [1.82, 2.24) is 15.0 Å². The Hall–Kier alpha value is -2.27. The maximum absolute atomic E-state index is 4.77. The van der Waals surface area contributed by atoms with E-state index < -0.39 is 0 Å². The Balaban J connectivity index is 1.71. The van der Waals surface area contributed by atoms with Crippen LogP contribution in [0, 0.1) is 6.92 Å². The quantitative estimate of drug-likeness (QED) is 0.694. The maximum Gasteiger partial charge on any atom is 0.126 e. The summed E-state index contributed by atoms with van der Waals surface area (Å²) in [6.45, 7) is 6.47. The minimum absolute atomic E-state index is 0.315. The van der Waals surface area contributed by atoms with Gasteiger partial charge in [-0.3, -0.25) is 4.98 Å². The van der Waals surface area contributed by atoms with Gasteiger partial charge >= 0.3 is 0 Å². The van der Waals surface area contributed by atoms with Crippen LogP contribution in [-0.2, 0) is 0 Å². The molecule has 0 aromatic carbocycles. The molecule has 0 fully saturated rings. The largest absolute Gasteiger partial charge is 0.368 e. The predicted molar refractivity (Wildman–Crippen MR) is 100 cm³/mol. The standard InChI is InChI=1S/C19H22N4S/c1-13-7-8-17(23-18(13)16-6-4-5-9-20-16)22-15(3)12-14(2)19-21-10-11-24-19/h4-11,14-15H,12H2,1-3H3,(H,22,23). The third-order valence-corrected chi connectivity index (χ3v) is 4.99. The lowest BCUT2D eigenvalue weighted by Crippen LogP contribution is -2.18. The molecule has 3 rings (SSSR count). The Bertz CT molecular complexity index is 771. The summed E-state index contributed by atoms with van der Waals surface area (Å²) >= 11 is 1.72. The molecule has 2 unspecified atom stereocenters. The molecule has 0 aliphatic heterocycles. The number of hydrogen-bond acceptors (Lipinski definition) is 5. The number of nitrogens with one attached hydrogen (secondary N) is 1. The van der Waals surface area contributed by atoms with E-state index in [1.54, 1.807) is 17.5 Å². The lowest BCUT2D eigenvalue weighted by molar-refractivity contribution is 0.608. The average molecular weight is 338 g/mol. The predicted octanol–water partition coefficient (Wildman–Crippen LogP) is 4.90. The molecule has 24 heavy (non-hydrogen) atoms. The van der Waals surface area contributed by atoms with Crippen LogP contribution in [0.3, 0.4) is 0 Å². The molecule has 0 amide bonds. The zero-order valence-corrected chi connectivity index (χ0v) is 15.0. The van der Waals surface area contributed by atoms with Crippen LogP contribution < -0.4 is 5.32 Å². The van der Waals surface area contributed by atoms with Gasteiger partial charge < -0.3 is 5.32 Å². The van der Waals surface area contributed by atoms with Gasteiger partial charge in [0.1, 0.15) is 5.82 Å². The van der Waals surface area contributed by atoms with Crippen LogP contribution in [0.15, 0.2) is 48.1 Å². The lowest BCUT2D eigenvalue weighted by Gasteiger charge is -2.18. The van der Waals surface area contributed by atoms with Gasteiger partial charge in [0.25, 0.3) is 0 Å². The fourth-order valence-electron chi connectivity index (χ4n) is 2.79. The number of rotatable bonds is 6. The number of thiazole rings is 1. The summed E-state index contributed by atoms with van der Waals surface area (Å²) in [7, 11) is 0. The molecule has 5 heteroatoms. The van der Waals surface area contributed by atoms with Crippen molar-refractivity contribution in [1.29, 1.82) is 0 Å². The zero-order chi connectivity index (χ0) is 16.9. The first-order valence-corrected chi connectivity index (χ1v) is 9.06. The number of pyridine rings is 2. The molecular formula is C19H22N4S. The van der Waals surface area contributed by atoms with Crippen molar-refractivity contribution in [3.05, 3.63) is 58.7 Å². The van der Waals surface area contributed by atoms with Crippen molar-refractivity contribution in [2.24, 2.45) is 0 Å². The summed E-state index contributed by atoms with van der Waals surface area (Å²) in [5, 5.41) is 6.73. The molecule has 0 aliphatic carbocycles. The number of aromatic nitrogens is 3. The summed E-state index contributed by atoms with van der Waals surface area (Å²) in [6, 6.07) is 10.3. The topological polar surface area (TPSA) is 50.7 Å². The first kappa shape index (κ1) is 16.6.